The number of amides is 1. The number of aromatic hydroxyl groups is 1. The largest absolute Gasteiger partial charge is 0.504 e. The SMILES string of the molecule is CCCN1C(=O)C2=C(C(=O)C3CC(C)CCC3O2)C1c1ccc(O)c(OCC)c1. The van der Waals surface area contributed by atoms with Crippen LogP contribution >= 0.6 is 0 Å². The molecule has 1 aromatic carbocycles. The van der Waals surface area contributed by atoms with E-state index in [9.17, 15) is 14.7 Å². The molecule has 0 radical (unpaired) electrons. The summed E-state index contributed by atoms with van der Waals surface area (Å²) < 4.78 is 11.7. The highest BCUT2D eigenvalue weighted by atomic mass is 16.5. The monoisotopic (exact) mass is 399 g/mol. The first kappa shape index (κ1) is 19.8. The van der Waals surface area contributed by atoms with Gasteiger partial charge in [0, 0.05) is 6.54 Å². The number of nitrogens with zero attached hydrogens (tertiary/aromatic N) is 1. The first-order valence-electron chi connectivity index (χ1n) is 10.7. The maximum Gasteiger partial charge on any atom is 0.290 e. The summed E-state index contributed by atoms with van der Waals surface area (Å²) in [7, 11) is 0. The molecule has 4 atom stereocenters. The molecule has 3 aliphatic rings. The summed E-state index contributed by atoms with van der Waals surface area (Å²) in [5, 5.41) is 10.1. The van der Waals surface area contributed by atoms with Crippen molar-refractivity contribution < 1.29 is 24.2 Å². The van der Waals surface area contributed by atoms with Crippen molar-refractivity contribution >= 4 is 11.7 Å². The van der Waals surface area contributed by atoms with Gasteiger partial charge in [-0.2, -0.15) is 0 Å². The minimum atomic E-state index is -0.497. The Morgan fingerprint density at radius 3 is 2.76 bits per heavy atom. The zero-order chi connectivity index (χ0) is 20.7. The first-order valence-corrected chi connectivity index (χ1v) is 10.7. The summed E-state index contributed by atoms with van der Waals surface area (Å²) in [6, 6.07) is 4.56. The summed E-state index contributed by atoms with van der Waals surface area (Å²) in [5.74, 6) is 0.772. The topological polar surface area (TPSA) is 76.1 Å². The van der Waals surface area contributed by atoms with Crippen molar-refractivity contribution in [3.05, 3.63) is 35.1 Å². The zero-order valence-corrected chi connectivity index (χ0v) is 17.3. The predicted molar refractivity (Wildman–Crippen MR) is 107 cm³/mol. The van der Waals surface area contributed by atoms with E-state index in [1.807, 2.05) is 13.8 Å². The van der Waals surface area contributed by atoms with Crippen molar-refractivity contribution in [1.29, 1.82) is 0 Å². The Hall–Kier alpha value is -2.50. The van der Waals surface area contributed by atoms with E-state index < -0.39 is 6.04 Å². The van der Waals surface area contributed by atoms with Crippen LogP contribution in [0.15, 0.2) is 29.5 Å². The second-order valence-corrected chi connectivity index (χ2v) is 8.35. The lowest BCUT2D eigenvalue weighted by atomic mass is 9.74. The third-order valence-electron chi connectivity index (χ3n) is 6.27. The highest BCUT2D eigenvalue weighted by Gasteiger charge is 2.52. The van der Waals surface area contributed by atoms with Crippen LogP contribution in [0, 0.1) is 11.8 Å². The summed E-state index contributed by atoms with van der Waals surface area (Å²) in [6.45, 7) is 6.97. The summed E-state index contributed by atoms with van der Waals surface area (Å²) in [5.41, 5.74) is 1.24. The van der Waals surface area contributed by atoms with Crippen LogP contribution in [0.2, 0.25) is 0 Å². The number of phenols is 1. The molecule has 0 saturated heterocycles. The number of carbonyl (C=O) groups excluding carboxylic acids is 2. The second-order valence-electron chi connectivity index (χ2n) is 8.35. The molecule has 0 bridgehead atoms. The van der Waals surface area contributed by atoms with E-state index in [4.69, 9.17) is 9.47 Å². The molecule has 0 aromatic heterocycles. The molecule has 1 amide bonds. The average molecular weight is 399 g/mol. The van der Waals surface area contributed by atoms with Crippen LogP contribution in [0.4, 0.5) is 0 Å². The Labute approximate surface area is 171 Å². The number of fused-ring (bicyclic) bond motifs is 1. The lowest BCUT2D eigenvalue weighted by Gasteiger charge is -2.37. The summed E-state index contributed by atoms with van der Waals surface area (Å²) in [6.07, 6.45) is 3.21. The van der Waals surface area contributed by atoms with Crippen molar-refractivity contribution in [3.8, 4) is 11.5 Å². The number of hydrogen-bond acceptors (Lipinski definition) is 5. The van der Waals surface area contributed by atoms with Crippen LogP contribution in [0.3, 0.4) is 0 Å². The lowest BCUT2D eigenvalue weighted by Crippen LogP contribution is -2.41. The van der Waals surface area contributed by atoms with Crippen LogP contribution < -0.4 is 4.74 Å². The van der Waals surface area contributed by atoms with Gasteiger partial charge < -0.3 is 19.5 Å². The molecule has 1 saturated carbocycles. The molecule has 1 fully saturated rings. The third-order valence-corrected chi connectivity index (χ3v) is 6.27. The Morgan fingerprint density at radius 2 is 2.03 bits per heavy atom. The fourth-order valence-electron chi connectivity index (χ4n) is 4.91. The standard InChI is InChI=1S/C23H29NO5/c1-4-10-24-20(14-7-8-16(25)18(12-14)28-5-2)19-21(26)15-11-13(3)6-9-17(15)29-22(19)23(24)27/h7-8,12-13,15,17,20,25H,4-6,9-11H2,1-3H3. The molecule has 2 aliphatic heterocycles. The van der Waals surface area contributed by atoms with E-state index in [1.54, 1.807) is 23.1 Å². The van der Waals surface area contributed by atoms with Gasteiger partial charge in [0.1, 0.15) is 6.10 Å². The molecule has 1 aromatic rings. The molecule has 6 nitrogen and oxygen atoms in total. The van der Waals surface area contributed by atoms with Gasteiger partial charge in [-0.1, -0.05) is 19.9 Å². The fraction of sp³-hybridized carbons (Fsp3) is 0.565. The van der Waals surface area contributed by atoms with Crippen LogP contribution in [0.1, 0.15) is 58.1 Å². The van der Waals surface area contributed by atoms with E-state index in [1.165, 1.54) is 0 Å². The average Bonchev–Trinajstić information content (AvgIpc) is 2.97. The third kappa shape index (κ3) is 3.28. The smallest absolute Gasteiger partial charge is 0.290 e. The number of rotatable bonds is 5. The van der Waals surface area contributed by atoms with Crippen molar-refractivity contribution in [2.75, 3.05) is 13.2 Å². The molecule has 1 N–H and O–H groups in total. The molecule has 6 heteroatoms. The van der Waals surface area contributed by atoms with Gasteiger partial charge in [0.15, 0.2) is 23.0 Å². The highest BCUT2D eigenvalue weighted by Crippen LogP contribution is 2.48. The molecule has 2 heterocycles. The molecule has 29 heavy (non-hydrogen) atoms. The molecule has 156 valence electrons. The van der Waals surface area contributed by atoms with Crippen molar-refractivity contribution in [3.63, 3.8) is 0 Å². The number of phenolic OH excluding ortho intramolecular Hbond substituents is 1. The van der Waals surface area contributed by atoms with Crippen molar-refractivity contribution in [2.45, 2.75) is 58.6 Å². The van der Waals surface area contributed by atoms with Gasteiger partial charge in [0.25, 0.3) is 5.91 Å². The van der Waals surface area contributed by atoms with E-state index in [-0.39, 0.29) is 35.2 Å². The Bertz CT molecular complexity index is 861. The van der Waals surface area contributed by atoms with Gasteiger partial charge in [-0.3, -0.25) is 9.59 Å². The Kier molecular flexibility index (Phi) is 5.28. The van der Waals surface area contributed by atoms with E-state index in [0.29, 0.717) is 30.4 Å². The first-order chi connectivity index (χ1) is 14.0. The maximum absolute atomic E-state index is 13.5. The van der Waals surface area contributed by atoms with Crippen molar-refractivity contribution in [1.82, 2.24) is 4.90 Å². The number of benzene rings is 1. The molecule has 4 unspecified atom stereocenters. The van der Waals surface area contributed by atoms with Gasteiger partial charge in [-0.25, -0.2) is 0 Å². The van der Waals surface area contributed by atoms with Crippen molar-refractivity contribution in [2.24, 2.45) is 11.8 Å². The quantitative estimate of drug-likeness (QED) is 0.816. The molecular formula is C23H29NO5. The maximum atomic E-state index is 13.5. The second kappa shape index (κ2) is 7.73. The Morgan fingerprint density at radius 1 is 1.24 bits per heavy atom. The van der Waals surface area contributed by atoms with Crippen LogP contribution in [-0.2, 0) is 14.3 Å². The number of ether oxygens (including phenoxy) is 2. The number of Topliss-reactive ketones (excluding diaryl/α,β-unsaturated/α-hetero) is 1. The molecule has 1 aliphatic carbocycles. The van der Waals surface area contributed by atoms with Crippen LogP contribution in [0.5, 0.6) is 11.5 Å². The van der Waals surface area contributed by atoms with Gasteiger partial charge in [-0.05, 0) is 56.2 Å². The molecule has 4 rings (SSSR count). The van der Waals surface area contributed by atoms with Gasteiger partial charge in [0.05, 0.1) is 24.1 Å². The van der Waals surface area contributed by atoms with Crippen LogP contribution in [-0.4, -0.2) is 41.0 Å². The zero-order valence-electron chi connectivity index (χ0n) is 17.3. The number of carbonyl (C=O) groups is 2. The minimum Gasteiger partial charge on any atom is -0.504 e. The molecular weight excluding hydrogens is 370 g/mol. The number of ketones is 1. The van der Waals surface area contributed by atoms with E-state index >= 15 is 0 Å². The van der Waals surface area contributed by atoms with E-state index in [2.05, 4.69) is 6.92 Å². The minimum absolute atomic E-state index is 0.0450. The fourth-order valence-corrected chi connectivity index (χ4v) is 4.91. The summed E-state index contributed by atoms with van der Waals surface area (Å²) in [4.78, 5) is 28.5. The highest BCUT2D eigenvalue weighted by molar-refractivity contribution is 6.11. The normalized spacial score (nSPS) is 28.9. The molecule has 0 spiro atoms. The van der Waals surface area contributed by atoms with Gasteiger partial charge in [0.2, 0.25) is 0 Å². The number of hydrogen-bond donors (Lipinski definition) is 1. The van der Waals surface area contributed by atoms with Gasteiger partial charge in [-0.15, -0.1) is 0 Å². The Balaban J connectivity index is 1.78. The lowest BCUT2D eigenvalue weighted by molar-refractivity contribution is -0.136. The van der Waals surface area contributed by atoms with E-state index in [0.717, 1.165) is 31.2 Å². The predicted octanol–water partition coefficient (Wildman–Crippen LogP) is 3.74. The van der Waals surface area contributed by atoms with Crippen LogP contribution in [0.25, 0.3) is 0 Å². The summed E-state index contributed by atoms with van der Waals surface area (Å²) >= 11 is 0. The van der Waals surface area contributed by atoms with Gasteiger partial charge >= 0.3 is 0 Å².